The summed E-state index contributed by atoms with van der Waals surface area (Å²) < 4.78 is 14.3. The van der Waals surface area contributed by atoms with Crippen LogP contribution in [0.25, 0.3) is 0 Å². The van der Waals surface area contributed by atoms with Gasteiger partial charge in [-0.3, -0.25) is 4.90 Å². The van der Waals surface area contributed by atoms with Gasteiger partial charge < -0.3 is 15.5 Å². The minimum atomic E-state index is -0.492. The van der Waals surface area contributed by atoms with Crippen molar-refractivity contribution in [1.82, 2.24) is 10.2 Å². The van der Waals surface area contributed by atoms with Gasteiger partial charge >= 0.3 is 12.1 Å². The summed E-state index contributed by atoms with van der Waals surface area (Å²) in [5.41, 5.74) is 0.709. The summed E-state index contributed by atoms with van der Waals surface area (Å²) in [6, 6.07) is 4.21. The fraction of sp³-hybridized carbons (Fsp3) is 0.579. The molecule has 1 aromatic rings. The lowest BCUT2D eigenvalue weighted by Crippen LogP contribution is -2.41. The predicted octanol–water partition coefficient (Wildman–Crippen LogP) is 3.40. The Kier molecular flexibility index (Phi) is 4.46. The highest BCUT2D eigenvalue weighted by molar-refractivity contribution is 5.96. The van der Waals surface area contributed by atoms with E-state index in [0.29, 0.717) is 30.6 Å². The number of nitrogens with one attached hydrogen (secondary N) is 2. The lowest BCUT2D eigenvalue weighted by Gasteiger charge is -2.32. The minimum absolute atomic E-state index is 0.124. The molecule has 4 amide bonds. The van der Waals surface area contributed by atoms with E-state index in [0.717, 1.165) is 19.4 Å². The monoisotopic (exact) mass is 360 g/mol. The molecule has 2 saturated heterocycles. The molecule has 2 N–H and O–H groups in total. The average molecular weight is 360 g/mol. The number of carbonyl (C=O) groups is 2. The maximum absolute atomic E-state index is 14.3. The molecule has 3 aliphatic rings. The third-order valence-electron chi connectivity index (χ3n) is 6.02. The van der Waals surface area contributed by atoms with Gasteiger partial charge in [-0.15, -0.1) is 0 Å². The molecular formula is C19H25FN4O2. The van der Waals surface area contributed by atoms with E-state index in [1.54, 1.807) is 11.0 Å². The highest BCUT2D eigenvalue weighted by atomic mass is 19.1. The van der Waals surface area contributed by atoms with Gasteiger partial charge in [-0.1, -0.05) is 19.8 Å². The third-order valence-corrected chi connectivity index (χ3v) is 6.02. The number of benzene rings is 1. The van der Waals surface area contributed by atoms with Crippen molar-refractivity contribution in [3.63, 3.8) is 0 Å². The summed E-state index contributed by atoms with van der Waals surface area (Å²) >= 11 is 0. The van der Waals surface area contributed by atoms with Crippen molar-refractivity contribution in [3.8, 4) is 0 Å². The van der Waals surface area contributed by atoms with E-state index in [4.69, 9.17) is 0 Å². The quantitative estimate of drug-likeness (QED) is 0.849. The van der Waals surface area contributed by atoms with Crippen LogP contribution < -0.4 is 15.5 Å². The standard InChI is InChI=1S/C19H25FN4O2/c1-12-11-24(17-5-3-2-4-14(12)17)19(26)22-16-10-13(6-7-15(16)20)23-9-8-21-18(23)25/h6-7,10,12,14,17H,2-5,8-9,11H2,1H3,(H,21,25)(H,22,26)/t12-,14+,17+/m1/s1. The molecule has 7 heteroatoms. The predicted molar refractivity (Wildman–Crippen MR) is 97.8 cm³/mol. The van der Waals surface area contributed by atoms with E-state index < -0.39 is 5.82 Å². The van der Waals surface area contributed by atoms with Gasteiger partial charge in [0.25, 0.3) is 0 Å². The number of halogens is 1. The number of hydrogen-bond donors (Lipinski definition) is 2. The Bertz CT molecular complexity index is 725. The summed E-state index contributed by atoms with van der Waals surface area (Å²) in [6.07, 6.45) is 4.57. The van der Waals surface area contributed by atoms with Crippen molar-refractivity contribution in [3.05, 3.63) is 24.0 Å². The Morgan fingerprint density at radius 3 is 2.88 bits per heavy atom. The Morgan fingerprint density at radius 1 is 1.31 bits per heavy atom. The number of rotatable bonds is 2. The van der Waals surface area contributed by atoms with E-state index in [1.807, 2.05) is 4.90 Å². The lowest BCUT2D eigenvalue weighted by molar-refractivity contribution is 0.180. The molecule has 1 aliphatic carbocycles. The molecule has 0 bridgehead atoms. The molecule has 0 aromatic heterocycles. The molecule has 26 heavy (non-hydrogen) atoms. The molecular weight excluding hydrogens is 335 g/mol. The van der Waals surface area contributed by atoms with E-state index in [-0.39, 0.29) is 23.8 Å². The van der Waals surface area contributed by atoms with Crippen molar-refractivity contribution in [2.75, 3.05) is 29.9 Å². The van der Waals surface area contributed by atoms with Crippen LogP contribution in [0.1, 0.15) is 32.6 Å². The highest BCUT2D eigenvalue weighted by Crippen LogP contribution is 2.40. The third kappa shape index (κ3) is 2.99. The molecule has 140 valence electrons. The van der Waals surface area contributed by atoms with Crippen LogP contribution in [-0.4, -0.2) is 42.6 Å². The van der Waals surface area contributed by atoms with Gasteiger partial charge in [-0.2, -0.15) is 0 Å². The normalized spacial score (nSPS) is 28.1. The fourth-order valence-electron chi connectivity index (χ4n) is 4.69. The zero-order valence-electron chi connectivity index (χ0n) is 15.0. The molecule has 3 fully saturated rings. The molecule has 3 atom stereocenters. The molecule has 1 saturated carbocycles. The maximum atomic E-state index is 14.3. The van der Waals surface area contributed by atoms with Gasteiger partial charge in [-0.05, 0) is 42.9 Å². The molecule has 1 aromatic carbocycles. The van der Waals surface area contributed by atoms with Crippen molar-refractivity contribution in [2.24, 2.45) is 11.8 Å². The second-order valence-electron chi connectivity index (χ2n) is 7.62. The van der Waals surface area contributed by atoms with Gasteiger partial charge in [0.2, 0.25) is 0 Å². The SMILES string of the molecule is C[C@@H]1CN(C(=O)Nc2cc(N3CCNC3=O)ccc2F)[C@H]2CCCC[C@@H]12. The summed E-state index contributed by atoms with van der Waals surface area (Å²) in [5.74, 6) is 0.545. The largest absolute Gasteiger partial charge is 0.336 e. The van der Waals surface area contributed by atoms with Crippen LogP contribution in [0.4, 0.5) is 25.4 Å². The first kappa shape index (κ1) is 17.1. The fourth-order valence-corrected chi connectivity index (χ4v) is 4.69. The molecule has 0 unspecified atom stereocenters. The Balaban J connectivity index is 1.51. The Hall–Kier alpha value is -2.31. The molecule has 0 radical (unpaired) electrons. The van der Waals surface area contributed by atoms with E-state index in [2.05, 4.69) is 17.6 Å². The number of likely N-dealkylation sites (tertiary alicyclic amines) is 1. The number of anilines is 2. The lowest BCUT2D eigenvalue weighted by atomic mass is 9.80. The number of fused-ring (bicyclic) bond motifs is 1. The van der Waals surface area contributed by atoms with E-state index in [1.165, 1.54) is 25.0 Å². The number of nitrogens with zero attached hydrogens (tertiary/aromatic N) is 2. The zero-order valence-corrected chi connectivity index (χ0v) is 15.0. The topological polar surface area (TPSA) is 64.7 Å². The number of urea groups is 2. The highest BCUT2D eigenvalue weighted by Gasteiger charge is 2.42. The summed E-state index contributed by atoms with van der Waals surface area (Å²) in [5, 5.41) is 5.46. The number of amides is 4. The van der Waals surface area contributed by atoms with Crippen LogP contribution in [0.15, 0.2) is 18.2 Å². The smallest absolute Gasteiger partial charge is 0.322 e. The minimum Gasteiger partial charge on any atom is -0.336 e. The number of carbonyl (C=O) groups excluding carboxylic acids is 2. The van der Waals surface area contributed by atoms with Gasteiger partial charge in [0, 0.05) is 31.4 Å². The van der Waals surface area contributed by atoms with Crippen molar-refractivity contribution in [1.29, 1.82) is 0 Å². The molecule has 6 nitrogen and oxygen atoms in total. The maximum Gasteiger partial charge on any atom is 0.322 e. The van der Waals surface area contributed by atoms with Crippen LogP contribution in [0, 0.1) is 17.7 Å². The van der Waals surface area contributed by atoms with Crippen molar-refractivity contribution in [2.45, 2.75) is 38.6 Å². The van der Waals surface area contributed by atoms with E-state index in [9.17, 15) is 14.0 Å². The second-order valence-corrected chi connectivity index (χ2v) is 7.62. The van der Waals surface area contributed by atoms with Crippen LogP contribution >= 0.6 is 0 Å². The first-order chi connectivity index (χ1) is 12.5. The molecule has 2 aliphatic heterocycles. The number of hydrogen-bond acceptors (Lipinski definition) is 2. The zero-order chi connectivity index (χ0) is 18.3. The van der Waals surface area contributed by atoms with Gasteiger partial charge in [-0.25, -0.2) is 14.0 Å². The van der Waals surface area contributed by atoms with E-state index >= 15 is 0 Å². The van der Waals surface area contributed by atoms with Crippen LogP contribution in [0.2, 0.25) is 0 Å². The molecule has 0 spiro atoms. The van der Waals surface area contributed by atoms with Gasteiger partial charge in [0.05, 0.1) is 5.69 Å². The van der Waals surface area contributed by atoms with Crippen molar-refractivity contribution >= 4 is 23.4 Å². The van der Waals surface area contributed by atoms with Crippen LogP contribution in [0.5, 0.6) is 0 Å². The van der Waals surface area contributed by atoms with Crippen LogP contribution in [0.3, 0.4) is 0 Å². The first-order valence-corrected chi connectivity index (χ1v) is 9.47. The van der Waals surface area contributed by atoms with Gasteiger partial charge in [0.1, 0.15) is 5.82 Å². The van der Waals surface area contributed by atoms with Crippen molar-refractivity contribution < 1.29 is 14.0 Å². The first-order valence-electron chi connectivity index (χ1n) is 9.47. The Morgan fingerprint density at radius 2 is 2.12 bits per heavy atom. The summed E-state index contributed by atoms with van der Waals surface area (Å²) in [6.45, 7) is 4.01. The van der Waals surface area contributed by atoms with Gasteiger partial charge in [0.15, 0.2) is 0 Å². The average Bonchev–Trinajstić information content (AvgIpc) is 3.21. The molecule has 4 rings (SSSR count). The molecule has 2 heterocycles. The Labute approximate surface area is 152 Å². The second kappa shape index (κ2) is 6.78. The summed E-state index contributed by atoms with van der Waals surface area (Å²) in [7, 11) is 0. The summed E-state index contributed by atoms with van der Waals surface area (Å²) in [4.78, 5) is 28.1. The van der Waals surface area contributed by atoms with Crippen LogP contribution in [-0.2, 0) is 0 Å².